The maximum atomic E-state index is 12.5. The number of alkyl halides is 2. The third-order valence-corrected chi connectivity index (χ3v) is 2.21. The molecule has 0 spiro atoms. The predicted molar refractivity (Wildman–Crippen MR) is 50.3 cm³/mol. The standard InChI is InChI=1S/C10H11F2NO2/c11-10(12)6-3-7(5-13)9-8(4-6)14-1-2-15-9/h3-4,10H,1-2,5,13H2. The lowest BCUT2D eigenvalue weighted by Gasteiger charge is -2.21. The molecule has 0 amide bonds. The van der Waals surface area contributed by atoms with E-state index < -0.39 is 6.43 Å². The number of benzene rings is 1. The van der Waals surface area contributed by atoms with Crippen molar-refractivity contribution in [2.24, 2.45) is 5.73 Å². The van der Waals surface area contributed by atoms with E-state index in [9.17, 15) is 8.78 Å². The highest BCUT2D eigenvalue weighted by Gasteiger charge is 2.19. The summed E-state index contributed by atoms with van der Waals surface area (Å²) in [6.45, 7) is 0.962. The molecule has 1 aliphatic heterocycles. The minimum atomic E-state index is -2.52. The van der Waals surface area contributed by atoms with E-state index >= 15 is 0 Å². The van der Waals surface area contributed by atoms with Gasteiger partial charge in [0, 0.05) is 17.7 Å². The molecule has 1 heterocycles. The Morgan fingerprint density at radius 3 is 2.67 bits per heavy atom. The molecule has 0 atom stereocenters. The fourth-order valence-corrected chi connectivity index (χ4v) is 1.53. The third-order valence-electron chi connectivity index (χ3n) is 2.21. The smallest absolute Gasteiger partial charge is 0.263 e. The summed E-state index contributed by atoms with van der Waals surface area (Å²) in [4.78, 5) is 0. The Bertz CT molecular complexity index is 351. The van der Waals surface area contributed by atoms with E-state index in [1.165, 1.54) is 12.1 Å². The maximum absolute atomic E-state index is 12.5. The van der Waals surface area contributed by atoms with Crippen LogP contribution in [0, 0.1) is 0 Å². The van der Waals surface area contributed by atoms with E-state index in [2.05, 4.69) is 0 Å². The molecule has 0 radical (unpaired) electrons. The van der Waals surface area contributed by atoms with Gasteiger partial charge in [-0.2, -0.15) is 0 Å². The Labute approximate surface area is 85.8 Å². The molecule has 15 heavy (non-hydrogen) atoms. The molecule has 5 heteroatoms. The molecule has 0 aromatic heterocycles. The molecule has 1 aliphatic rings. The molecular formula is C10H11F2NO2. The summed E-state index contributed by atoms with van der Waals surface area (Å²) in [6.07, 6.45) is -2.52. The summed E-state index contributed by atoms with van der Waals surface area (Å²) in [6, 6.07) is 2.66. The number of halogens is 2. The van der Waals surface area contributed by atoms with E-state index in [0.717, 1.165) is 0 Å². The summed E-state index contributed by atoms with van der Waals surface area (Å²) < 4.78 is 35.6. The number of nitrogens with two attached hydrogens (primary N) is 1. The van der Waals surface area contributed by atoms with Gasteiger partial charge in [-0.1, -0.05) is 0 Å². The first kappa shape index (κ1) is 10.2. The molecule has 1 aromatic rings. The minimum Gasteiger partial charge on any atom is -0.486 e. The molecule has 3 nitrogen and oxygen atoms in total. The second kappa shape index (κ2) is 4.02. The van der Waals surface area contributed by atoms with Crippen LogP contribution in [0.15, 0.2) is 12.1 Å². The van der Waals surface area contributed by atoms with E-state index in [0.29, 0.717) is 30.3 Å². The second-order valence-electron chi connectivity index (χ2n) is 3.21. The zero-order valence-corrected chi connectivity index (χ0v) is 8.00. The van der Waals surface area contributed by atoms with Gasteiger partial charge in [0.25, 0.3) is 6.43 Å². The van der Waals surface area contributed by atoms with Crippen molar-refractivity contribution in [3.05, 3.63) is 23.3 Å². The van der Waals surface area contributed by atoms with E-state index in [-0.39, 0.29) is 12.1 Å². The van der Waals surface area contributed by atoms with Crippen molar-refractivity contribution in [1.29, 1.82) is 0 Å². The van der Waals surface area contributed by atoms with E-state index in [1.807, 2.05) is 0 Å². The molecule has 0 bridgehead atoms. The molecule has 82 valence electrons. The molecule has 0 saturated carbocycles. The largest absolute Gasteiger partial charge is 0.486 e. The van der Waals surface area contributed by atoms with Gasteiger partial charge in [-0.05, 0) is 12.1 Å². The van der Waals surface area contributed by atoms with Crippen molar-refractivity contribution in [1.82, 2.24) is 0 Å². The van der Waals surface area contributed by atoms with E-state index in [1.54, 1.807) is 0 Å². The number of fused-ring (bicyclic) bond motifs is 1. The summed E-state index contributed by atoms with van der Waals surface area (Å²) in [5.41, 5.74) is 5.94. The topological polar surface area (TPSA) is 44.5 Å². The molecule has 0 aliphatic carbocycles. The molecule has 1 aromatic carbocycles. The first-order valence-electron chi connectivity index (χ1n) is 4.63. The van der Waals surface area contributed by atoms with Gasteiger partial charge in [0.05, 0.1) is 0 Å². The summed E-state index contributed by atoms with van der Waals surface area (Å²) in [5, 5.41) is 0. The van der Waals surface area contributed by atoms with Gasteiger partial charge < -0.3 is 15.2 Å². The Morgan fingerprint density at radius 2 is 2.00 bits per heavy atom. The van der Waals surface area contributed by atoms with Crippen molar-refractivity contribution in [2.75, 3.05) is 13.2 Å². The number of rotatable bonds is 2. The minimum absolute atomic E-state index is 0.0836. The van der Waals surface area contributed by atoms with Crippen LogP contribution in [0.4, 0.5) is 8.78 Å². The van der Waals surface area contributed by atoms with Crippen LogP contribution in [0.1, 0.15) is 17.6 Å². The van der Waals surface area contributed by atoms with Crippen LogP contribution >= 0.6 is 0 Å². The van der Waals surface area contributed by atoms with Crippen LogP contribution in [-0.2, 0) is 6.54 Å². The number of ether oxygens (including phenoxy) is 2. The summed E-state index contributed by atoms with van der Waals surface area (Å²) >= 11 is 0. The highest BCUT2D eigenvalue weighted by molar-refractivity contribution is 5.50. The van der Waals surface area contributed by atoms with Crippen LogP contribution in [0.3, 0.4) is 0 Å². The molecular weight excluding hydrogens is 204 g/mol. The van der Waals surface area contributed by atoms with Gasteiger partial charge >= 0.3 is 0 Å². The predicted octanol–water partition coefficient (Wildman–Crippen LogP) is 1.85. The molecule has 0 unspecified atom stereocenters. The lowest BCUT2D eigenvalue weighted by molar-refractivity contribution is 0.146. The van der Waals surface area contributed by atoms with E-state index in [4.69, 9.17) is 15.2 Å². The fraction of sp³-hybridized carbons (Fsp3) is 0.400. The quantitative estimate of drug-likeness (QED) is 0.818. The van der Waals surface area contributed by atoms with Gasteiger partial charge in [-0.15, -0.1) is 0 Å². The first-order chi connectivity index (χ1) is 7.22. The Hall–Kier alpha value is -1.36. The normalized spacial score (nSPS) is 14.4. The molecule has 0 fully saturated rings. The highest BCUT2D eigenvalue weighted by Crippen LogP contribution is 2.37. The molecule has 0 saturated heterocycles. The average Bonchev–Trinajstić information content (AvgIpc) is 2.27. The zero-order valence-electron chi connectivity index (χ0n) is 8.00. The fourth-order valence-electron chi connectivity index (χ4n) is 1.53. The third kappa shape index (κ3) is 1.87. The SMILES string of the molecule is NCc1cc(C(F)F)cc2c1OCCO2. The Balaban J connectivity index is 2.48. The van der Waals surface area contributed by atoms with Crippen LogP contribution in [0.5, 0.6) is 11.5 Å². The number of hydrogen-bond donors (Lipinski definition) is 1. The van der Waals surface area contributed by atoms with Crippen molar-refractivity contribution < 1.29 is 18.3 Å². The van der Waals surface area contributed by atoms with Crippen molar-refractivity contribution in [3.8, 4) is 11.5 Å². The van der Waals surface area contributed by atoms with Crippen molar-refractivity contribution >= 4 is 0 Å². The van der Waals surface area contributed by atoms with Gasteiger partial charge in [0.15, 0.2) is 11.5 Å². The summed E-state index contributed by atoms with van der Waals surface area (Å²) in [5.74, 6) is 0.854. The number of hydrogen-bond acceptors (Lipinski definition) is 3. The zero-order chi connectivity index (χ0) is 10.8. The Kier molecular flexibility index (Phi) is 2.73. The average molecular weight is 215 g/mol. The monoisotopic (exact) mass is 215 g/mol. The van der Waals surface area contributed by atoms with Crippen molar-refractivity contribution in [3.63, 3.8) is 0 Å². The van der Waals surface area contributed by atoms with Gasteiger partial charge in [0.2, 0.25) is 0 Å². The van der Waals surface area contributed by atoms with Crippen LogP contribution in [-0.4, -0.2) is 13.2 Å². The Morgan fingerprint density at radius 1 is 1.27 bits per heavy atom. The van der Waals surface area contributed by atoms with Crippen LogP contribution < -0.4 is 15.2 Å². The van der Waals surface area contributed by atoms with Crippen LogP contribution in [0.25, 0.3) is 0 Å². The van der Waals surface area contributed by atoms with Gasteiger partial charge in [-0.3, -0.25) is 0 Å². The second-order valence-corrected chi connectivity index (χ2v) is 3.21. The summed E-state index contributed by atoms with van der Waals surface area (Å²) in [7, 11) is 0. The highest BCUT2D eigenvalue weighted by atomic mass is 19.3. The lowest BCUT2D eigenvalue weighted by Crippen LogP contribution is -2.17. The van der Waals surface area contributed by atoms with Gasteiger partial charge in [0.1, 0.15) is 13.2 Å². The first-order valence-corrected chi connectivity index (χ1v) is 4.63. The molecule has 2 rings (SSSR count). The van der Waals surface area contributed by atoms with Crippen LogP contribution in [0.2, 0.25) is 0 Å². The van der Waals surface area contributed by atoms with Gasteiger partial charge in [-0.25, -0.2) is 8.78 Å². The lowest BCUT2D eigenvalue weighted by atomic mass is 10.1. The maximum Gasteiger partial charge on any atom is 0.263 e. The molecule has 2 N–H and O–H groups in total. The van der Waals surface area contributed by atoms with Crippen molar-refractivity contribution in [2.45, 2.75) is 13.0 Å².